The molecule has 2 aromatic carbocycles. The Labute approximate surface area is 230 Å². The maximum absolute atomic E-state index is 13.6. The van der Waals surface area contributed by atoms with E-state index in [9.17, 15) is 14.7 Å². The summed E-state index contributed by atoms with van der Waals surface area (Å²) in [5, 5.41) is 14.4. The summed E-state index contributed by atoms with van der Waals surface area (Å²) in [5.74, 6) is -1.35. The third-order valence-corrected chi connectivity index (χ3v) is 7.54. The highest BCUT2D eigenvalue weighted by Gasteiger charge is 2.35. The van der Waals surface area contributed by atoms with Crippen molar-refractivity contribution in [2.75, 3.05) is 18.6 Å². The van der Waals surface area contributed by atoms with E-state index in [1.54, 1.807) is 25.2 Å². The van der Waals surface area contributed by atoms with Crippen LogP contribution in [0.15, 0.2) is 53.5 Å². The molecule has 2 aromatic rings. The Hall–Kier alpha value is -2.74. The van der Waals surface area contributed by atoms with Gasteiger partial charge in [0.2, 0.25) is 12.1 Å². The minimum absolute atomic E-state index is 0.0937. The van der Waals surface area contributed by atoms with E-state index in [1.165, 1.54) is 11.3 Å². The molecule has 0 aromatic heterocycles. The maximum Gasteiger partial charge on any atom is 0.272 e. The van der Waals surface area contributed by atoms with Crippen LogP contribution < -0.4 is 10.2 Å². The van der Waals surface area contributed by atoms with Crippen LogP contribution in [0.25, 0.3) is 0 Å². The molecule has 0 saturated heterocycles. The predicted octanol–water partition coefficient (Wildman–Crippen LogP) is 4.97. The number of aliphatic hydroxyl groups is 1. The topological polar surface area (TPSA) is 91.2 Å². The molecule has 4 rings (SSSR count). The van der Waals surface area contributed by atoms with E-state index in [0.29, 0.717) is 28.4 Å². The highest BCUT2D eigenvalue weighted by Crippen LogP contribution is 2.30. The summed E-state index contributed by atoms with van der Waals surface area (Å²) in [6.07, 6.45) is 3.89. The van der Waals surface area contributed by atoms with Gasteiger partial charge in [0.15, 0.2) is 0 Å². The van der Waals surface area contributed by atoms with Gasteiger partial charge in [-0.25, -0.2) is 4.99 Å². The van der Waals surface area contributed by atoms with Gasteiger partial charge in [0.1, 0.15) is 0 Å². The van der Waals surface area contributed by atoms with E-state index in [1.807, 2.05) is 44.2 Å². The summed E-state index contributed by atoms with van der Waals surface area (Å²) in [5.41, 5.74) is 2.72. The van der Waals surface area contributed by atoms with Crippen molar-refractivity contribution in [3.63, 3.8) is 0 Å². The number of halogens is 1. The SMILES string of the molecule is CC(C)CC(C(=O)NC1N=C(c2ccccc2)c2cc(Cl)ccc2N(C)C1=O)C(O)COC1CCCCC1. The van der Waals surface area contributed by atoms with Crippen LogP contribution in [-0.2, 0) is 14.3 Å². The molecule has 0 radical (unpaired) electrons. The molecule has 1 heterocycles. The van der Waals surface area contributed by atoms with Crippen LogP contribution in [0.4, 0.5) is 5.69 Å². The molecule has 1 saturated carbocycles. The van der Waals surface area contributed by atoms with Crippen molar-refractivity contribution in [1.29, 1.82) is 0 Å². The lowest BCUT2D eigenvalue weighted by Crippen LogP contribution is -2.50. The van der Waals surface area contributed by atoms with Crippen LogP contribution in [0, 0.1) is 11.8 Å². The molecule has 2 N–H and O–H groups in total. The molecule has 7 nitrogen and oxygen atoms in total. The van der Waals surface area contributed by atoms with Gasteiger partial charge in [-0.2, -0.15) is 0 Å². The molecule has 2 amide bonds. The summed E-state index contributed by atoms with van der Waals surface area (Å²) in [6.45, 7) is 4.10. The smallest absolute Gasteiger partial charge is 0.272 e. The summed E-state index contributed by atoms with van der Waals surface area (Å²) in [6, 6.07) is 14.8. The number of amides is 2. The number of fused-ring (bicyclic) bond motifs is 1. The number of aliphatic hydroxyl groups excluding tert-OH is 1. The van der Waals surface area contributed by atoms with Gasteiger partial charge in [0, 0.05) is 23.2 Å². The lowest BCUT2D eigenvalue weighted by atomic mass is 9.91. The third kappa shape index (κ3) is 6.82. The van der Waals surface area contributed by atoms with Crippen LogP contribution >= 0.6 is 11.6 Å². The summed E-state index contributed by atoms with van der Waals surface area (Å²) >= 11 is 6.33. The van der Waals surface area contributed by atoms with Gasteiger partial charge in [0.25, 0.3) is 5.91 Å². The molecule has 38 heavy (non-hydrogen) atoms. The second-order valence-corrected chi connectivity index (χ2v) is 11.1. The first-order valence-corrected chi connectivity index (χ1v) is 13.9. The normalized spacial score (nSPS) is 19.9. The molecule has 1 aliphatic carbocycles. The number of carbonyl (C=O) groups excluding carboxylic acids is 2. The van der Waals surface area contributed by atoms with Crippen molar-refractivity contribution in [3.05, 3.63) is 64.7 Å². The average molecular weight is 540 g/mol. The lowest BCUT2D eigenvalue weighted by Gasteiger charge is -2.28. The molecule has 204 valence electrons. The minimum atomic E-state index is -1.16. The molecule has 0 bridgehead atoms. The second kappa shape index (κ2) is 12.9. The zero-order valence-corrected chi connectivity index (χ0v) is 23.2. The zero-order chi connectivity index (χ0) is 27.2. The highest BCUT2D eigenvalue weighted by atomic mass is 35.5. The number of nitrogens with zero attached hydrogens (tertiary/aromatic N) is 2. The van der Waals surface area contributed by atoms with Crippen LogP contribution in [0.2, 0.25) is 5.02 Å². The van der Waals surface area contributed by atoms with E-state index in [2.05, 4.69) is 5.32 Å². The van der Waals surface area contributed by atoms with Crippen molar-refractivity contribution in [2.24, 2.45) is 16.8 Å². The first-order chi connectivity index (χ1) is 18.2. The molecule has 0 spiro atoms. The number of aliphatic imine (C=N–C) groups is 1. The fourth-order valence-electron chi connectivity index (χ4n) is 5.24. The first-order valence-electron chi connectivity index (χ1n) is 13.6. The van der Waals surface area contributed by atoms with E-state index >= 15 is 0 Å². The van der Waals surface area contributed by atoms with E-state index in [0.717, 1.165) is 31.2 Å². The summed E-state index contributed by atoms with van der Waals surface area (Å²) < 4.78 is 5.99. The quantitative estimate of drug-likeness (QED) is 0.471. The lowest BCUT2D eigenvalue weighted by molar-refractivity contribution is -0.135. The zero-order valence-electron chi connectivity index (χ0n) is 22.4. The monoisotopic (exact) mass is 539 g/mol. The Morgan fingerprint density at radius 3 is 2.55 bits per heavy atom. The largest absolute Gasteiger partial charge is 0.390 e. The summed E-state index contributed by atoms with van der Waals surface area (Å²) in [4.78, 5) is 33.4. The second-order valence-electron chi connectivity index (χ2n) is 10.7. The van der Waals surface area contributed by atoms with Gasteiger partial charge >= 0.3 is 0 Å². The molecule has 3 atom stereocenters. The Kier molecular flexibility index (Phi) is 9.58. The number of benzodiazepines with no additional fused rings is 1. The van der Waals surface area contributed by atoms with Crippen molar-refractivity contribution in [2.45, 2.75) is 70.7 Å². The fourth-order valence-corrected chi connectivity index (χ4v) is 5.41. The fraction of sp³-hybridized carbons (Fsp3) is 0.500. The van der Waals surface area contributed by atoms with E-state index in [-0.39, 0.29) is 24.5 Å². The van der Waals surface area contributed by atoms with Gasteiger partial charge in [-0.1, -0.05) is 75.0 Å². The Morgan fingerprint density at radius 2 is 1.87 bits per heavy atom. The number of benzene rings is 2. The number of likely N-dealkylation sites (N-methyl/N-ethyl adjacent to an activating group) is 1. The van der Waals surface area contributed by atoms with Crippen LogP contribution in [0.1, 0.15) is 63.5 Å². The Balaban J connectivity index is 1.60. The molecule has 2 aliphatic rings. The van der Waals surface area contributed by atoms with Crippen LogP contribution in [0.5, 0.6) is 0 Å². The third-order valence-electron chi connectivity index (χ3n) is 7.31. The van der Waals surface area contributed by atoms with Crippen LogP contribution in [0.3, 0.4) is 0 Å². The van der Waals surface area contributed by atoms with Gasteiger partial charge in [-0.15, -0.1) is 0 Å². The highest BCUT2D eigenvalue weighted by molar-refractivity contribution is 6.32. The van der Waals surface area contributed by atoms with Crippen molar-refractivity contribution >= 4 is 34.8 Å². The molecule has 1 fully saturated rings. The Morgan fingerprint density at radius 1 is 1.16 bits per heavy atom. The Bertz CT molecular complexity index is 1150. The number of ether oxygens (including phenoxy) is 1. The van der Waals surface area contributed by atoms with Gasteiger partial charge in [-0.05, 0) is 43.4 Å². The molecule has 1 aliphatic heterocycles. The maximum atomic E-state index is 13.6. The van der Waals surface area contributed by atoms with E-state index in [4.69, 9.17) is 21.3 Å². The van der Waals surface area contributed by atoms with Crippen molar-refractivity contribution in [1.82, 2.24) is 5.32 Å². The number of rotatable bonds is 9. The molecule has 3 unspecified atom stereocenters. The standard InChI is InChI=1S/C30H38ClN3O4/c1-19(2)16-24(26(35)18-38-22-12-8-5-9-13-22)29(36)33-28-30(37)34(3)25-15-14-21(31)17-23(25)27(32-28)20-10-6-4-7-11-20/h4,6-7,10-11,14-15,17,19,22,24,26,28,35H,5,8-9,12-13,16,18H2,1-3H3,(H,33,36). The molecular formula is C30H38ClN3O4. The van der Waals surface area contributed by atoms with Gasteiger partial charge in [-0.3, -0.25) is 9.59 Å². The number of hydrogen-bond acceptors (Lipinski definition) is 5. The average Bonchev–Trinajstić information content (AvgIpc) is 3.01. The van der Waals surface area contributed by atoms with Gasteiger partial charge in [0.05, 0.1) is 36.1 Å². The number of nitrogens with one attached hydrogen (secondary N) is 1. The number of hydrogen-bond donors (Lipinski definition) is 2. The first kappa shape index (κ1) is 28.3. The van der Waals surface area contributed by atoms with Crippen molar-refractivity contribution in [3.8, 4) is 0 Å². The predicted molar refractivity (Wildman–Crippen MR) is 151 cm³/mol. The summed E-state index contributed by atoms with van der Waals surface area (Å²) in [7, 11) is 1.66. The van der Waals surface area contributed by atoms with Crippen molar-refractivity contribution < 1.29 is 19.4 Å². The molecule has 8 heteroatoms. The van der Waals surface area contributed by atoms with Crippen LogP contribution in [-0.4, -0.2) is 54.7 Å². The number of anilines is 1. The minimum Gasteiger partial charge on any atom is -0.390 e. The van der Waals surface area contributed by atoms with Gasteiger partial charge < -0.3 is 20.1 Å². The number of carbonyl (C=O) groups is 2. The molecular weight excluding hydrogens is 502 g/mol. The van der Waals surface area contributed by atoms with E-state index < -0.39 is 24.1 Å².